The summed E-state index contributed by atoms with van der Waals surface area (Å²) >= 11 is 0. The van der Waals surface area contributed by atoms with Crippen molar-refractivity contribution in [3.63, 3.8) is 0 Å². The van der Waals surface area contributed by atoms with Gasteiger partial charge in [-0.3, -0.25) is 14.4 Å². The third kappa shape index (κ3) is 6.19. The molecule has 0 aromatic carbocycles. The van der Waals surface area contributed by atoms with Gasteiger partial charge in [0.15, 0.2) is 6.10 Å². The lowest BCUT2D eigenvalue weighted by Crippen LogP contribution is -2.46. The highest BCUT2D eigenvalue weighted by Gasteiger charge is 2.47. The van der Waals surface area contributed by atoms with Crippen molar-refractivity contribution >= 4 is 25.0 Å². The number of esters is 3. The van der Waals surface area contributed by atoms with Crippen molar-refractivity contribution in [1.82, 2.24) is 0 Å². The summed E-state index contributed by atoms with van der Waals surface area (Å²) in [5, 5.41) is 0. The van der Waals surface area contributed by atoms with Crippen LogP contribution in [0.3, 0.4) is 0 Å². The quantitative estimate of drug-likeness (QED) is 0.383. The summed E-state index contributed by atoms with van der Waals surface area (Å²) in [4.78, 5) is 33.5. The van der Waals surface area contributed by atoms with Crippen molar-refractivity contribution in [2.24, 2.45) is 0 Å². The fourth-order valence-corrected chi connectivity index (χ4v) is 2.34. The molecule has 1 heterocycles. The minimum atomic E-state index is -0.851. The van der Waals surface area contributed by atoms with Crippen LogP contribution in [-0.4, -0.2) is 56.0 Å². The van der Waals surface area contributed by atoms with E-state index in [1.54, 1.807) is 6.92 Å². The zero-order valence-electron chi connectivity index (χ0n) is 14.1. The van der Waals surface area contributed by atoms with E-state index in [0.29, 0.717) is 6.32 Å². The predicted octanol–water partition coefficient (Wildman–Crippen LogP) is 0.725. The van der Waals surface area contributed by atoms with Crippen molar-refractivity contribution in [3.05, 3.63) is 0 Å². The Labute approximate surface area is 135 Å². The molecule has 130 valence electrons. The van der Waals surface area contributed by atoms with Gasteiger partial charge in [-0.05, 0) is 13.2 Å². The molecule has 23 heavy (non-hydrogen) atoms. The van der Waals surface area contributed by atoms with E-state index in [1.807, 2.05) is 6.92 Å². The zero-order valence-corrected chi connectivity index (χ0v) is 14.1. The second-order valence-corrected chi connectivity index (χ2v) is 5.30. The van der Waals surface area contributed by atoms with E-state index in [2.05, 4.69) is 0 Å². The second-order valence-electron chi connectivity index (χ2n) is 5.30. The summed E-state index contributed by atoms with van der Waals surface area (Å²) in [5.41, 5.74) is 0. The maximum atomic E-state index is 11.3. The average Bonchev–Trinajstić information content (AvgIpc) is 2.86. The van der Waals surface area contributed by atoms with Crippen molar-refractivity contribution in [1.29, 1.82) is 0 Å². The van der Waals surface area contributed by atoms with Gasteiger partial charge in [-0.15, -0.1) is 0 Å². The van der Waals surface area contributed by atoms with Crippen LogP contribution in [0.25, 0.3) is 0 Å². The molecule has 0 aromatic heterocycles. The Kier molecular flexibility index (Phi) is 7.51. The SMILES string of the molecule is CCB1OC(C(C)OC(C)=O)C(C(COC(C)=O)OC(C)=O)O1. The first-order valence-electron chi connectivity index (χ1n) is 7.53. The van der Waals surface area contributed by atoms with Gasteiger partial charge in [0.1, 0.15) is 24.9 Å². The topological polar surface area (TPSA) is 97.4 Å². The Bertz CT molecular complexity index is 440. The average molecular weight is 330 g/mol. The lowest BCUT2D eigenvalue weighted by atomic mass is 9.87. The lowest BCUT2D eigenvalue weighted by molar-refractivity contribution is -0.167. The maximum absolute atomic E-state index is 11.3. The summed E-state index contributed by atoms with van der Waals surface area (Å²) in [7, 11) is -0.515. The van der Waals surface area contributed by atoms with Gasteiger partial charge in [0.25, 0.3) is 0 Å². The van der Waals surface area contributed by atoms with Gasteiger partial charge in [0.2, 0.25) is 0 Å². The summed E-state index contributed by atoms with van der Waals surface area (Å²) in [6.45, 7) is 7.16. The first kappa shape index (κ1) is 19.4. The fraction of sp³-hybridized carbons (Fsp3) is 0.786. The molecule has 1 saturated heterocycles. The molecular formula is C14H23BO8. The van der Waals surface area contributed by atoms with Gasteiger partial charge in [0.05, 0.1) is 0 Å². The minimum absolute atomic E-state index is 0.164. The monoisotopic (exact) mass is 330 g/mol. The van der Waals surface area contributed by atoms with Gasteiger partial charge in [0, 0.05) is 20.8 Å². The second kappa shape index (κ2) is 8.88. The standard InChI is InChI=1S/C14H23BO8/c1-6-15-22-13(8(2)20-10(4)17)14(23-15)12(21-11(5)18)7-19-9(3)16/h8,12-14H,6-7H2,1-5H3. The number of ether oxygens (including phenoxy) is 3. The molecule has 1 aliphatic heterocycles. The summed E-state index contributed by atoms with van der Waals surface area (Å²) in [6, 6.07) is 0. The molecule has 9 heteroatoms. The molecule has 0 N–H and O–H groups in total. The Balaban J connectivity index is 2.90. The van der Waals surface area contributed by atoms with Crippen LogP contribution in [0.2, 0.25) is 6.32 Å². The molecule has 0 spiro atoms. The lowest BCUT2D eigenvalue weighted by Gasteiger charge is -2.29. The summed E-state index contributed by atoms with van der Waals surface area (Å²) in [6.07, 6.45) is -2.23. The first-order valence-corrected chi connectivity index (χ1v) is 7.53. The van der Waals surface area contributed by atoms with E-state index in [1.165, 1.54) is 20.8 Å². The number of rotatable bonds is 7. The molecule has 0 aliphatic carbocycles. The normalized spacial score (nSPS) is 23.1. The van der Waals surface area contributed by atoms with E-state index in [0.717, 1.165) is 0 Å². The Morgan fingerprint density at radius 3 is 2.04 bits per heavy atom. The predicted molar refractivity (Wildman–Crippen MR) is 79.4 cm³/mol. The molecule has 0 saturated carbocycles. The Morgan fingerprint density at radius 1 is 1.00 bits per heavy atom. The van der Waals surface area contributed by atoms with Gasteiger partial charge in [-0.1, -0.05) is 6.92 Å². The molecule has 1 aliphatic rings. The largest absolute Gasteiger partial charge is 0.462 e. The molecule has 0 aromatic rings. The summed E-state index contributed by atoms with van der Waals surface area (Å²) < 4.78 is 26.7. The van der Waals surface area contributed by atoms with Crippen molar-refractivity contribution in [2.75, 3.05) is 6.61 Å². The minimum Gasteiger partial charge on any atom is -0.462 e. The molecule has 8 nitrogen and oxygen atoms in total. The van der Waals surface area contributed by atoms with E-state index in [4.69, 9.17) is 23.5 Å². The first-order chi connectivity index (χ1) is 10.7. The third-order valence-corrected chi connectivity index (χ3v) is 3.22. The Morgan fingerprint density at radius 2 is 1.57 bits per heavy atom. The molecule has 4 unspecified atom stereocenters. The third-order valence-electron chi connectivity index (χ3n) is 3.22. The van der Waals surface area contributed by atoms with Crippen molar-refractivity contribution in [2.45, 2.75) is 65.4 Å². The van der Waals surface area contributed by atoms with E-state index < -0.39 is 49.4 Å². The molecular weight excluding hydrogens is 307 g/mol. The van der Waals surface area contributed by atoms with Crippen LogP contribution in [0.1, 0.15) is 34.6 Å². The Hall–Kier alpha value is -1.61. The van der Waals surface area contributed by atoms with Crippen LogP contribution in [0.15, 0.2) is 0 Å². The fourth-order valence-electron chi connectivity index (χ4n) is 2.34. The van der Waals surface area contributed by atoms with E-state index in [9.17, 15) is 14.4 Å². The van der Waals surface area contributed by atoms with Gasteiger partial charge < -0.3 is 23.5 Å². The van der Waals surface area contributed by atoms with E-state index >= 15 is 0 Å². The molecule has 0 amide bonds. The molecule has 0 bridgehead atoms. The molecule has 0 radical (unpaired) electrons. The van der Waals surface area contributed by atoms with Crippen molar-refractivity contribution < 1.29 is 37.9 Å². The zero-order chi connectivity index (χ0) is 17.6. The smallest absolute Gasteiger partial charge is 0.457 e. The van der Waals surface area contributed by atoms with Gasteiger partial charge in [-0.2, -0.15) is 0 Å². The number of carbonyl (C=O) groups is 3. The number of hydrogen-bond acceptors (Lipinski definition) is 8. The molecule has 1 rings (SSSR count). The van der Waals surface area contributed by atoms with Crippen LogP contribution < -0.4 is 0 Å². The van der Waals surface area contributed by atoms with Crippen LogP contribution >= 0.6 is 0 Å². The molecule has 4 atom stereocenters. The van der Waals surface area contributed by atoms with Gasteiger partial charge in [-0.25, -0.2) is 0 Å². The van der Waals surface area contributed by atoms with E-state index in [-0.39, 0.29) is 6.61 Å². The van der Waals surface area contributed by atoms with Crippen LogP contribution in [0.5, 0.6) is 0 Å². The molecule has 1 fully saturated rings. The van der Waals surface area contributed by atoms with Crippen LogP contribution in [0, 0.1) is 0 Å². The van der Waals surface area contributed by atoms with Crippen LogP contribution in [-0.2, 0) is 37.9 Å². The highest BCUT2D eigenvalue weighted by Crippen LogP contribution is 2.27. The highest BCUT2D eigenvalue weighted by atomic mass is 16.7. The van der Waals surface area contributed by atoms with Crippen molar-refractivity contribution in [3.8, 4) is 0 Å². The number of carbonyl (C=O) groups excluding carboxylic acids is 3. The summed E-state index contributed by atoms with van der Waals surface area (Å²) in [5.74, 6) is -1.49. The van der Waals surface area contributed by atoms with Crippen LogP contribution in [0.4, 0.5) is 0 Å². The highest BCUT2D eigenvalue weighted by molar-refractivity contribution is 6.45. The maximum Gasteiger partial charge on any atom is 0.457 e. The number of hydrogen-bond donors (Lipinski definition) is 0. The van der Waals surface area contributed by atoms with Gasteiger partial charge >= 0.3 is 25.0 Å².